The van der Waals surface area contributed by atoms with Gasteiger partial charge < -0.3 is 5.32 Å². The van der Waals surface area contributed by atoms with Gasteiger partial charge in [0.1, 0.15) is 5.01 Å². The van der Waals surface area contributed by atoms with Crippen LogP contribution in [0.3, 0.4) is 0 Å². The van der Waals surface area contributed by atoms with Gasteiger partial charge in [0.25, 0.3) is 0 Å². The van der Waals surface area contributed by atoms with E-state index < -0.39 is 0 Å². The molecule has 16 heavy (non-hydrogen) atoms. The van der Waals surface area contributed by atoms with Crippen molar-refractivity contribution < 1.29 is 0 Å². The lowest BCUT2D eigenvalue weighted by Gasteiger charge is -2.05. The maximum atomic E-state index is 4.59. The molecule has 0 saturated carbocycles. The normalized spacial score (nSPS) is 12.6. The third-order valence-corrected chi connectivity index (χ3v) is 4.17. The number of thiazole rings is 1. The van der Waals surface area contributed by atoms with E-state index in [0.717, 1.165) is 17.2 Å². The lowest BCUT2D eigenvalue weighted by atomic mass is 10.3. The first-order chi connectivity index (χ1) is 7.79. The van der Waals surface area contributed by atoms with Crippen molar-refractivity contribution in [2.75, 3.05) is 0 Å². The molecule has 2 nitrogen and oxygen atoms in total. The number of aromatic nitrogens is 1. The van der Waals surface area contributed by atoms with Crippen LogP contribution in [0.1, 0.15) is 12.6 Å². The summed E-state index contributed by atoms with van der Waals surface area (Å²) in [5.41, 5.74) is 1.10. The number of nitrogens with zero attached hydrogens (tertiary/aromatic N) is 1. The zero-order valence-electron chi connectivity index (χ0n) is 9.14. The second-order valence-corrected chi connectivity index (χ2v) is 5.33. The van der Waals surface area contributed by atoms with Crippen molar-refractivity contribution in [1.29, 1.82) is 0 Å². The fraction of sp³-hybridized carbons (Fsp3) is 0.250. The predicted octanol–water partition coefficient (Wildman–Crippen LogP) is 3.54. The fourth-order valence-corrected chi connectivity index (χ4v) is 2.88. The largest absolute Gasteiger partial charge is 0.305 e. The Bertz CT molecular complexity index is 445. The highest BCUT2D eigenvalue weighted by Gasteiger charge is 2.05. The van der Waals surface area contributed by atoms with Gasteiger partial charge in [0.15, 0.2) is 0 Å². The Morgan fingerprint density at radius 3 is 3.12 bits per heavy atom. The molecule has 2 rings (SSSR count). The van der Waals surface area contributed by atoms with Gasteiger partial charge in [-0.25, -0.2) is 4.98 Å². The molecule has 4 heteroatoms. The zero-order valence-corrected chi connectivity index (χ0v) is 10.8. The number of hydrogen-bond donors (Lipinski definition) is 1. The van der Waals surface area contributed by atoms with Crippen LogP contribution in [0, 0.1) is 0 Å². The molecule has 1 atom stereocenters. The van der Waals surface area contributed by atoms with Crippen LogP contribution < -0.4 is 5.32 Å². The molecule has 0 aliphatic rings. The summed E-state index contributed by atoms with van der Waals surface area (Å²) in [6.45, 7) is 6.62. The molecule has 0 aromatic carbocycles. The Morgan fingerprint density at radius 2 is 2.44 bits per heavy atom. The third kappa shape index (κ3) is 2.78. The Kier molecular flexibility index (Phi) is 3.88. The lowest BCUT2D eigenvalue weighted by molar-refractivity contribution is 0.627. The van der Waals surface area contributed by atoms with Gasteiger partial charge >= 0.3 is 0 Å². The van der Waals surface area contributed by atoms with E-state index in [1.807, 2.05) is 6.08 Å². The highest BCUT2D eigenvalue weighted by Crippen LogP contribution is 2.27. The molecule has 1 N–H and O–H groups in total. The van der Waals surface area contributed by atoms with Crippen molar-refractivity contribution in [3.8, 4) is 9.88 Å². The Morgan fingerprint density at radius 1 is 1.56 bits per heavy atom. The topological polar surface area (TPSA) is 24.9 Å². The molecule has 0 fully saturated rings. The number of thiophene rings is 1. The summed E-state index contributed by atoms with van der Waals surface area (Å²) in [6, 6.07) is 4.48. The number of nitrogens with one attached hydrogen (secondary N) is 1. The first-order valence-corrected chi connectivity index (χ1v) is 6.89. The number of hydrogen-bond acceptors (Lipinski definition) is 4. The molecule has 0 aliphatic carbocycles. The minimum atomic E-state index is 0.326. The molecule has 0 radical (unpaired) electrons. The van der Waals surface area contributed by atoms with Crippen molar-refractivity contribution in [2.45, 2.75) is 19.5 Å². The molecule has 0 spiro atoms. The summed E-state index contributed by atoms with van der Waals surface area (Å²) >= 11 is 3.43. The van der Waals surface area contributed by atoms with Crippen LogP contribution in [0.15, 0.2) is 35.5 Å². The minimum absolute atomic E-state index is 0.326. The quantitative estimate of drug-likeness (QED) is 0.821. The number of rotatable bonds is 5. The van der Waals surface area contributed by atoms with Crippen LogP contribution >= 0.6 is 22.7 Å². The van der Waals surface area contributed by atoms with Crippen LogP contribution in [0.5, 0.6) is 0 Å². The smallest absolute Gasteiger partial charge is 0.133 e. The van der Waals surface area contributed by atoms with E-state index in [2.05, 4.69) is 46.7 Å². The highest BCUT2D eigenvalue weighted by atomic mass is 32.1. The molecular weight excluding hydrogens is 236 g/mol. The predicted molar refractivity (Wildman–Crippen MR) is 71.9 cm³/mol. The van der Waals surface area contributed by atoms with Crippen LogP contribution in [0.4, 0.5) is 0 Å². The molecule has 84 valence electrons. The second-order valence-electron chi connectivity index (χ2n) is 3.53. The molecule has 0 bridgehead atoms. The molecule has 2 heterocycles. The van der Waals surface area contributed by atoms with Crippen LogP contribution in [-0.2, 0) is 6.54 Å². The first-order valence-electron chi connectivity index (χ1n) is 5.14. The minimum Gasteiger partial charge on any atom is -0.305 e. The van der Waals surface area contributed by atoms with E-state index in [1.165, 1.54) is 4.88 Å². The molecule has 0 saturated heterocycles. The molecule has 0 aliphatic heterocycles. The Labute approximate surface area is 104 Å². The summed E-state index contributed by atoms with van der Waals surface area (Å²) in [5, 5.41) is 8.63. The molecule has 0 amide bonds. The van der Waals surface area contributed by atoms with E-state index in [4.69, 9.17) is 0 Å². The summed E-state index contributed by atoms with van der Waals surface area (Å²) in [6.07, 6.45) is 1.90. The molecule has 2 aromatic rings. The standard InChI is InChI=1S/C12H14N2S2/c1-3-9(2)13-7-10-8-16-12(14-10)11-5-4-6-15-11/h3-6,8-9,13H,1,7H2,2H3. The Hall–Kier alpha value is -0.970. The van der Waals surface area contributed by atoms with Crippen molar-refractivity contribution >= 4 is 22.7 Å². The van der Waals surface area contributed by atoms with E-state index in [0.29, 0.717) is 6.04 Å². The van der Waals surface area contributed by atoms with Crippen LogP contribution in [-0.4, -0.2) is 11.0 Å². The van der Waals surface area contributed by atoms with Crippen molar-refractivity contribution in [3.63, 3.8) is 0 Å². The maximum absolute atomic E-state index is 4.59. The van der Waals surface area contributed by atoms with Gasteiger partial charge in [-0.2, -0.15) is 0 Å². The second kappa shape index (κ2) is 5.39. The van der Waals surface area contributed by atoms with Crippen molar-refractivity contribution in [3.05, 3.63) is 41.2 Å². The average Bonchev–Trinajstić information content (AvgIpc) is 2.95. The van der Waals surface area contributed by atoms with Crippen molar-refractivity contribution in [2.24, 2.45) is 0 Å². The van der Waals surface area contributed by atoms with E-state index in [9.17, 15) is 0 Å². The zero-order chi connectivity index (χ0) is 11.4. The van der Waals surface area contributed by atoms with Crippen molar-refractivity contribution in [1.82, 2.24) is 10.3 Å². The van der Waals surface area contributed by atoms with E-state index in [-0.39, 0.29) is 0 Å². The lowest BCUT2D eigenvalue weighted by Crippen LogP contribution is -2.22. The van der Waals surface area contributed by atoms with E-state index in [1.54, 1.807) is 22.7 Å². The van der Waals surface area contributed by atoms with Crippen LogP contribution in [0.25, 0.3) is 9.88 Å². The molecule has 1 unspecified atom stereocenters. The summed E-state index contributed by atoms with van der Waals surface area (Å²) in [7, 11) is 0. The fourth-order valence-electron chi connectivity index (χ4n) is 1.25. The monoisotopic (exact) mass is 250 g/mol. The third-order valence-electron chi connectivity index (χ3n) is 2.24. The molecule has 2 aromatic heterocycles. The summed E-state index contributed by atoms with van der Waals surface area (Å²) in [4.78, 5) is 5.83. The van der Waals surface area contributed by atoms with Gasteiger partial charge in [-0.3, -0.25) is 0 Å². The van der Waals surface area contributed by atoms with Gasteiger partial charge in [0.05, 0.1) is 10.6 Å². The summed E-state index contributed by atoms with van der Waals surface area (Å²) < 4.78 is 0. The summed E-state index contributed by atoms with van der Waals surface area (Å²) in [5.74, 6) is 0. The first kappa shape index (κ1) is 11.5. The SMILES string of the molecule is C=CC(C)NCc1csc(-c2cccs2)n1. The van der Waals surface area contributed by atoms with Gasteiger partial charge in [-0.05, 0) is 18.4 Å². The maximum Gasteiger partial charge on any atom is 0.133 e. The van der Waals surface area contributed by atoms with Gasteiger partial charge in [0, 0.05) is 18.0 Å². The average molecular weight is 250 g/mol. The van der Waals surface area contributed by atoms with Gasteiger partial charge in [0.2, 0.25) is 0 Å². The van der Waals surface area contributed by atoms with Gasteiger partial charge in [-0.1, -0.05) is 12.1 Å². The van der Waals surface area contributed by atoms with Gasteiger partial charge in [-0.15, -0.1) is 29.3 Å². The molecular formula is C12H14N2S2. The Balaban J connectivity index is 2.00. The van der Waals surface area contributed by atoms with E-state index >= 15 is 0 Å². The van der Waals surface area contributed by atoms with Crippen LogP contribution in [0.2, 0.25) is 0 Å². The highest BCUT2D eigenvalue weighted by molar-refractivity contribution is 7.20.